The van der Waals surface area contributed by atoms with Gasteiger partial charge in [-0.05, 0) is 88.1 Å². The van der Waals surface area contributed by atoms with E-state index in [0.717, 1.165) is 35.2 Å². The number of carbonyl (C=O) groups is 3. The summed E-state index contributed by atoms with van der Waals surface area (Å²) < 4.78 is 4.96. The van der Waals surface area contributed by atoms with Crippen LogP contribution >= 0.6 is 11.8 Å². The van der Waals surface area contributed by atoms with E-state index in [1.165, 1.54) is 18.2 Å². The summed E-state index contributed by atoms with van der Waals surface area (Å²) in [5.41, 5.74) is 3.45. The van der Waals surface area contributed by atoms with Gasteiger partial charge in [0.1, 0.15) is 6.04 Å². The maximum absolute atomic E-state index is 12.8. The number of thioether (sulfide) groups is 1. The van der Waals surface area contributed by atoms with Gasteiger partial charge in [-0.15, -0.1) is 0 Å². The first kappa shape index (κ1) is 22.4. The molecule has 0 unspecified atom stereocenters. The molecule has 2 amide bonds. The monoisotopic (exact) mass is 430 g/mol. The lowest BCUT2D eigenvalue weighted by Gasteiger charge is -2.47. The van der Waals surface area contributed by atoms with Crippen LogP contribution in [0.1, 0.15) is 65.0 Å². The first-order valence-corrected chi connectivity index (χ1v) is 11.3. The number of hydrogen-bond donors (Lipinski definition) is 0. The summed E-state index contributed by atoms with van der Waals surface area (Å²) in [6.07, 6.45) is 2.79. The predicted octanol–water partition coefficient (Wildman–Crippen LogP) is 4.79. The number of ether oxygens (including phenoxy) is 1. The number of carbonyl (C=O) groups excluding carboxylic acids is 3. The molecule has 162 valence electrons. The van der Waals surface area contributed by atoms with E-state index >= 15 is 0 Å². The highest BCUT2D eigenvalue weighted by Gasteiger charge is 2.41. The third kappa shape index (κ3) is 4.00. The lowest BCUT2D eigenvalue weighted by molar-refractivity contribution is -0.150. The van der Waals surface area contributed by atoms with Crippen LogP contribution in [0.2, 0.25) is 0 Å². The normalized spacial score (nSPS) is 23.0. The highest BCUT2D eigenvalue weighted by molar-refractivity contribution is 8.18. The third-order valence-electron chi connectivity index (χ3n) is 5.86. The quantitative estimate of drug-likeness (QED) is 0.494. The molecule has 1 fully saturated rings. The molecular weight excluding hydrogens is 400 g/mol. The molecule has 0 aliphatic carbocycles. The van der Waals surface area contributed by atoms with Crippen molar-refractivity contribution in [3.8, 4) is 0 Å². The number of nitrogens with zero attached hydrogens (tertiary/aromatic N) is 2. The summed E-state index contributed by atoms with van der Waals surface area (Å²) in [6, 6.07) is 5.26. The Morgan fingerprint density at radius 2 is 2.03 bits per heavy atom. The van der Waals surface area contributed by atoms with Crippen LogP contribution in [-0.2, 0) is 14.3 Å². The van der Waals surface area contributed by atoms with E-state index in [1.54, 1.807) is 13.0 Å². The Bertz CT molecular complexity index is 908. The zero-order chi connectivity index (χ0) is 22.2. The molecule has 1 aromatic rings. The molecule has 2 heterocycles. The van der Waals surface area contributed by atoms with E-state index in [1.807, 2.05) is 6.07 Å². The third-order valence-corrected chi connectivity index (χ3v) is 6.75. The molecular formula is C23H30N2O4S. The van der Waals surface area contributed by atoms with Crippen LogP contribution in [0.5, 0.6) is 0 Å². The van der Waals surface area contributed by atoms with Crippen molar-refractivity contribution in [1.82, 2.24) is 4.90 Å². The van der Waals surface area contributed by atoms with E-state index in [9.17, 15) is 14.4 Å². The molecule has 6 nitrogen and oxygen atoms in total. The Morgan fingerprint density at radius 1 is 1.33 bits per heavy atom. The molecule has 0 bridgehead atoms. The molecule has 2 aliphatic rings. The summed E-state index contributed by atoms with van der Waals surface area (Å²) in [5.74, 6) is -0.636. The number of amides is 2. The lowest BCUT2D eigenvalue weighted by Crippen LogP contribution is -2.48. The van der Waals surface area contributed by atoms with E-state index in [0.29, 0.717) is 10.8 Å². The number of benzene rings is 1. The van der Waals surface area contributed by atoms with Gasteiger partial charge >= 0.3 is 5.97 Å². The number of fused-ring (bicyclic) bond motifs is 1. The fraction of sp³-hybridized carbons (Fsp3) is 0.522. The fourth-order valence-electron chi connectivity index (χ4n) is 4.53. The molecule has 0 spiro atoms. The molecule has 0 saturated carbocycles. The van der Waals surface area contributed by atoms with Crippen molar-refractivity contribution in [3.05, 3.63) is 34.2 Å². The van der Waals surface area contributed by atoms with Crippen molar-refractivity contribution in [2.45, 2.75) is 65.5 Å². The van der Waals surface area contributed by atoms with E-state index in [2.05, 4.69) is 44.7 Å². The zero-order valence-electron chi connectivity index (χ0n) is 18.5. The Labute approximate surface area is 182 Å². The second-order valence-corrected chi connectivity index (χ2v) is 9.45. The highest BCUT2D eigenvalue weighted by Crippen LogP contribution is 2.44. The van der Waals surface area contributed by atoms with E-state index in [-0.39, 0.29) is 12.1 Å². The van der Waals surface area contributed by atoms with E-state index < -0.39 is 23.2 Å². The van der Waals surface area contributed by atoms with Gasteiger partial charge < -0.3 is 9.64 Å². The summed E-state index contributed by atoms with van der Waals surface area (Å²) in [7, 11) is 0. The maximum atomic E-state index is 12.8. The minimum atomic E-state index is -0.938. The molecule has 7 heteroatoms. The Morgan fingerprint density at radius 3 is 2.67 bits per heavy atom. The largest absolute Gasteiger partial charge is 0.464 e. The first-order valence-electron chi connectivity index (χ1n) is 10.5. The predicted molar refractivity (Wildman–Crippen MR) is 120 cm³/mol. The summed E-state index contributed by atoms with van der Waals surface area (Å²) in [6.45, 7) is 13.3. The van der Waals surface area contributed by atoms with Crippen molar-refractivity contribution in [2.75, 3.05) is 18.1 Å². The SMILES string of the molecule is CCOC(=O)[C@H](C)N1C(=O)S/C(=C/c2ccc3c(c2)[C@H](C)CC(C)(C)N3CC)C1=O. The standard InChI is InChI=1S/C23H30N2O4S/c1-7-24-18-10-9-16(11-17(18)14(3)13-23(24,5)6)12-19-20(26)25(22(28)30-19)15(4)21(27)29-8-2/h9-12,14-15H,7-8,13H2,1-6H3/b19-12+/t14-,15+/m1/s1. The van der Waals surface area contributed by atoms with Crippen LogP contribution in [0.3, 0.4) is 0 Å². The van der Waals surface area contributed by atoms with Crippen LogP contribution in [0.25, 0.3) is 6.08 Å². The molecule has 0 aromatic heterocycles. The van der Waals surface area contributed by atoms with Gasteiger partial charge in [0.15, 0.2) is 0 Å². The summed E-state index contributed by atoms with van der Waals surface area (Å²) in [4.78, 5) is 40.9. The van der Waals surface area contributed by atoms with Crippen LogP contribution in [0.4, 0.5) is 10.5 Å². The number of rotatable bonds is 5. The van der Waals surface area contributed by atoms with Crippen molar-refractivity contribution in [1.29, 1.82) is 0 Å². The average Bonchev–Trinajstić information content (AvgIpc) is 2.94. The van der Waals surface area contributed by atoms with Crippen LogP contribution in [0, 0.1) is 0 Å². The van der Waals surface area contributed by atoms with Gasteiger partial charge in [-0.3, -0.25) is 14.5 Å². The van der Waals surface area contributed by atoms with Gasteiger partial charge in [-0.25, -0.2) is 4.79 Å². The van der Waals surface area contributed by atoms with Crippen LogP contribution < -0.4 is 4.90 Å². The lowest BCUT2D eigenvalue weighted by atomic mass is 9.79. The molecule has 2 atom stereocenters. The van der Waals surface area contributed by atoms with Crippen LogP contribution in [0.15, 0.2) is 23.1 Å². The molecule has 0 radical (unpaired) electrons. The Kier molecular flexibility index (Phi) is 6.32. The smallest absolute Gasteiger partial charge is 0.329 e. The van der Waals surface area contributed by atoms with Gasteiger partial charge in [-0.1, -0.05) is 13.0 Å². The molecule has 30 heavy (non-hydrogen) atoms. The Balaban J connectivity index is 1.90. The van der Waals surface area contributed by atoms with Gasteiger partial charge in [0.25, 0.3) is 11.1 Å². The van der Waals surface area contributed by atoms with Gasteiger partial charge in [0.05, 0.1) is 11.5 Å². The minimum Gasteiger partial charge on any atom is -0.464 e. The number of hydrogen-bond acceptors (Lipinski definition) is 6. The minimum absolute atomic E-state index is 0.0918. The second-order valence-electron chi connectivity index (χ2n) is 8.46. The van der Waals surface area contributed by atoms with E-state index in [4.69, 9.17) is 4.74 Å². The van der Waals surface area contributed by atoms with Crippen LogP contribution in [-0.4, -0.2) is 46.7 Å². The highest BCUT2D eigenvalue weighted by atomic mass is 32.2. The number of esters is 1. The van der Waals surface area contributed by atoms with Crippen molar-refractivity contribution >= 4 is 40.6 Å². The van der Waals surface area contributed by atoms with Gasteiger partial charge in [0.2, 0.25) is 0 Å². The van der Waals surface area contributed by atoms with Crippen molar-refractivity contribution in [3.63, 3.8) is 0 Å². The number of imide groups is 1. The maximum Gasteiger partial charge on any atom is 0.329 e. The van der Waals surface area contributed by atoms with Gasteiger partial charge in [0, 0.05) is 17.8 Å². The number of anilines is 1. The first-order chi connectivity index (χ1) is 14.1. The summed E-state index contributed by atoms with van der Waals surface area (Å²) in [5, 5.41) is -0.447. The Hall–Kier alpha value is -2.28. The fourth-order valence-corrected chi connectivity index (χ4v) is 5.44. The molecule has 0 N–H and O–H groups in total. The molecule has 2 aliphatic heterocycles. The molecule has 1 aromatic carbocycles. The summed E-state index contributed by atoms with van der Waals surface area (Å²) >= 11 is 0.864. The van der Waals surface area contributed by atoms with Crippen molar-refractivity contribution < 1.29 is 19.1 Å². The van der Waals surface area contributed by atoms with Crippen molar-refractivity contribution in [2.24, 2.45) is 0 Å². The molecule has 1 saturated heterocycles. The average molecular weight is 431 g/mol. The topological polar surface area (TPSA) is 66.9 Å². The molecule has 3 rings (SSSR count). The second kappa shape index (κ2) is 8.46. The zero-order valence-corrected chi connectivity index (χ0v) is 19.3. The van der Waals surface area contributed by atoms with Gasteiger partial charge in [-0.2, -0.15) is 0 Å².